The molecule has 0 bridgehead atoms. The molecule has 0 saturated carbocycles. The summed E-state index contributed by atoms with van der Waals surface area (Å²) in [5.74, 6) is 0.810. The van der Waals surface area contributed by atoms with Gasteiger partial charge in [0, 0.05) is 43.8 Å². The third-order valence-corrected chi connectivity index (χ3v) is 5.33. The van der Waals surface area contributed by atoms with E-state index in [0.29, 0.717) is 17.8 Å². The van der Waals surface area contributed by atoms with Crippen molar-refractivity contribution in [3.8, 4) is 0 Å². The highest BCUT2D eigenvalue weighted by molar-refractivity contribution is 5.99. The molecular weight excluding hydrogens is 366 g/mol. The summed E-state index contributed by atoms with van der Waals surface area (Å²) in [5, 5.41) is 7.24. The number of aromatic nitrogens is 4. The summed E-state index contributed by atoms with van der Waals surface area (Å²) in [5.41, 5.74) is 3.84. The van der Waals surface area contributed by atoms with Crippen LogP contribution in [0.25, 0.3) is 5.65 Å². The number of aryl methyl sites for hydroxylation is 2. The van der Waals surface area contributed by atoms with E-state index in [-0.39, 0.29) is 5.91 Å². The van der Waals surface area contributed by atoms with E-state index >= 15 is 0 Å². The van der Waals surface area contributed by atoms with Gasteiger partial charge in [-0.25, -0.2) is 14.5 Å². The first-order valence-electron chi connectivity index (χ1n) is 10.00. The molecular formula is C21H27N7O. The topological polar surface area (TPSA) is 78.7 Å². The van der Waals surface area contributed by atoms with Crippen LogP contribution >= 0.6 is 0 Å². The van der Waals surface area contributed by atoms with Gasteiger partial charge in [0.25, 0.3) is 5.91 Å². The van der Waals surface area contributed by atoms with Gasteiger partial charge in [0.1, 0.15) is 11.4 Å². The molecule has 0 unspecified atom stereocenters. The van der Waals surface area contributed by atoms with Crippen LogP contribution in [-0.2, 0) is 6.54 Å². The SMILES string of the molecule is Cc1cc(C)n2ncc(C(=O)NCc3ccc(N4CCCN(C)CC4)nc3)c2n1. The molecule has 3 aromatic heterocycles. The molecule has 0 aromatic carbocycles. The number of carbonyl (C=O) groups excluding carboxylic acids is 1. The Morgan fingerprint density at radius 3 is 2.79 bits per heavy atom. The van der Waals surface area contributed by atoms with Crippen molar-refractivity contribution in [1.29, 1.82) is 0 Å². The van der Waals surface area contributed by atoms with Crippen molar-refractivity contribution < 1.29 is 4.79 Å². The normalized spacial score (nSPS) is 15.5. The lowest BCUT2D eigenvalue weighted by Crippen LogP contribution is -2.29. The van der Waals surface area contributed by atoms with Gasteiger partial charge in [0.15, 0.2) is 5.65 Å². The van der Waals surface area contributed by atoms with Crippen molar-refractivity contribution in [1.82, 2.24) is 29.8 Å². The first-order valence-corrected chi connectivity index (χ1v) is 10.00. The van der Waals surface area contributed by atoms with E-state index < -0.39 is 0 Å². The van der Waals surface area contributed by atoms with Crippen LogP contribution < -0.4 is 10.2 Å². The lowest BCUT2D eigenvalue weighted by molar-refractivity contribution is 0.0952. The lowest BCUT2D eigenvalue weighted by atomic mass is 10.2. The van der Waals surface area contributed by atoms with E-state index in [4.69, 9.17) is 0 Å². The molecule has 1 amide bonds. The van der Waals surface area contributed by atoms with Crippen LogP contribution in [0.4, 0.5) is 5.82 Å². The summed E-state index contributed by atoms with van der Waals surface area (Å²) < 4.78 is 1.69. The summed E-state index contributed by atoms with van der Waals surface area (Å²) >= 11 is 0. The molecule has 29 heavy (non-hydrogen) atoms. The van der Waals surface area contributed by atoms with Crippen LogP contribution in [0.1, 0.15) is 33.7 Å². The van der Waals surface area contributed by atoms with Crippen LogP contribution in [0.5, 0.6) is 0 Å². The highest BCUT2D eigenvalue weighted by Crippen LogP contribution is 2.15. The summed E-state index contributed by atoms with van der Waals surface area (Å²) in [6.45, 7) is 8.46. The van der Waals surface area contributed by atoms with Gasteiger partial charge in [-0.05, 0) is 51.6 Å². The average molecular weight is 393 g/mol. The molecule has 1 aliphatic rings. The van der Waals surface area contributed by atoms with Crippen LogP contribution in [0.3, 0.4) is 0 Å². The van der Waals surface area contributed by atoms with Gasteiger partial charge < -0.3 is 15.1 Å². The Morgan fingerprint density at radius 1 is 1.14 bits per heavy atom. The van der Waals surface area contributed by atoms with Crippen molar-refractivity contribution >= 4 is 17.4 Å². The van der Waals surface area contributed by atoms with Crippen LogP contribution in [0.15, 0.2) is 30.6 Å². The van der Waals surface area contributed by atoms with Crippen molar-refractivity contribution in [2.24, 2.45) is 0 Å². The minimum Gasteiger partial charge on any atom is -0.355 e. The number of fused-ring (bicyclic) bond motifs is 1. The number of amides is 1. The summed E-state index contributed by atoms with van der Waals surface area (Å²) in [6.07, 6.45) is 4.55. The monoisotopic (exact) mass is 393 g/mol. The van der Waals surface area contributed by atoms with Crippen LogP contribution in [0, 0.1) is 13.8 Å². The van der Waals surface area contributed by atoms with Gasteiger partial charge in [-0.3, -0.25) is 4.79 Å². The van der Waals surface area contributed by atoms with E-state index in [9.17, 15) is 4.79 Å². The number of hydrogen-bond donors (Lipinski definition) is 1. The van der Waals surface area contributed by atoms with Gasteiger partial charge in [0.2, 0.25) is 0 Å². The van der Waals surface area contributed by atoms with Crippen molar-refractivity contribution in [3.05, 3.63) is 53.1 Å². The van der Waals surface area contributed by atoms with Gasteiger partial charge >= 0.3 is 0 Å². The maximum absolute atomic E-state index is 12.7. The molecule has 4 rings (SSSR count). The molecule has 1 fully saturated rings. The molecule has 0 spiro atoms. The molecule has 1 saturated heterocycles. The van der Waals surface area contributed by atoms with Gasteiger partial charge in [0.05, 0.1) is 6.20 Å². The second kappa shape index (κ2) is 8.16. The molecule has 8 nitrogen and oxygen atoms in total. The van der Waals surface area contributed by atoms with Crippen molar-refractivity contribution in [2.45, 2.75) is 26.8 Å². The van der Waals surface area contributed by atoms with Gasteiger partial charge in [-0.15, -0.1) is 0 Å². The largest absolute Gasteiger partial charge is 0.355 e. The first-order chi connectivity index (χ1) is 14.0. The molecule has 0 radical (unpaired) electrons. The maximum Gasteiger partial charge on any atom is 0.257 e. The van der Waals surface area contributed by atoms with Crippen LogP contribution in [0.2, 0.25) is 0 Å². The third kappa shape index (κ3) is 4.22. The zero-order chi connectivity index (χ0) is 20.4. The smallest absolute Gasteiger partial charge is 0.257 e. The minimum absolute atomic E-state index is 0.183. The quantitative estimate of drug-likeness (QED) is 0.728. The van der Waals surface area contributed by atoms with Crippen molar-refractivity contribution in [2.75, 3.05) is 38.1 Å². The highest BCUT2D eigenvalue weighted by atomic mass is 16.1. The number of nitrogens with zero attached hydrogens (tertiary/aromatic N) is 6. The Labute approximate surface area is 170 Å². The second-order valence-corrected chi connectivity index (χ2v) is 7.68. The Balaban J connectivity index is 1.41. The average Bonchev–Trinajstić information content (AvgIpc) is 3.01. The maximum atomic E-state index is 12.7. The predicted molar refractivity (Wildman–Crippen MR) is 112 cm³/mol. The highest BCUT2D eigenvalue weighted by Gasteiger charge is 2.16. The molecule has 1 aliphatic heterocycles. The van der Waals surface area contributed by atoms with E-state index in [2.05, 4.69) is 37.2 Å². The summed E-state index contributed by atoms with van der Waals surface area (Å²) in [7, 11) is 2.16. The third-order valence-electron chi connectivity index (χ3n) is 5.33. The summed E-state index contributed by atoms with van der Waals surface area (Å²) in [6, 6.07) is 6.01. The number of hydrogen-bond acceptors (Lipinski definition) is 6. The van der Waals surface area contributed by atoms with Crippen molar-refractivity contribution in [3.63, 3.8) is 0 Å². The molecule has 3 aromatic rings. The Kier molecular flexibility index (Phi) is 5.44. The predicted octanol–water partition coefficient (Wildman–Crippen LogP) is 1.81. The zero-order valence-corrected chi connectivity index (χ0v) is 17.2. The number of rotatable bonds is 4. The molecule has 4 heterocycles. The molecule has 152 valence electrons. The number of likely N-dealkylation sites (N-methyl/N-ethyl adjacent to an activating group) is 1. The Hall–Kier alpha value is -3.00. The minimum atomic E-state index is -0.183. The number of nitrogens with one attached hydrogen (secondary N) is 1. The van der Waals surface area contributed by atoms with E-state index in [1.165, 1.54) is 0 Å². The van der Waals surface area contributed by atoms with E-state index in [1.807, 2.05) is 38.2 Å². The molecule has 1 N–H and O–H groups in total. The fourth-order valence-corrected chi connectivity index (χ4v) is 3.69. The number of carbonyl (C=O) groups is 1. The van der Waals surface area contributed by atoms with E-state index in [1.54, 1.807) is 10.7 Å². The lowest BCUT2D eigenvalue weighted by Gasteiger charge is -2.21. The Bertz CT molecular complexity index is 1010. The van der Waals surface area contributed by atoms with E-state index in [0.717, 1.165) is 55.4 Å². The zero-order valence-electron chi connectivity index (χ0n) is 17.2. The molecule has 0 atom stereocenters. The van der Waals surface area contributed by atoms with Gasteiger partial charge in [-0.2, -0.15) is 5.10 Å². The number of pyridine rings is 1. The summed E-state index contributed by atoms with van der Waals surface area (Å²) in [4.78, 5) is 26.4. The fraction of sp³-hybridized carbons (Fsp3) is 0.429. The fourth-order valence-electron chi connectivity index (χ4n) is 3.69. The first kappa shape index (κ1) is 19.3. The second-order valence-electron chi connectivity index (χ2n) is 7.68. The Morgan fingerprint density at radius 2 is 2.00 bits per heavy atom. The van der Waals surface area contributed by atoms with Crippen LogP contribution in [-0.4, -0.2) is 63.6 Å². The molecule has 8 heteroatoms. The van der Waals surface area contributed by atoms with Gasteiger partial charge in [-0.1, -0.05) is 6.07 Å². The molecule has 0 aliphatic carbocycles. The number of anilines is 1. The standard InChI is InChI=1S/C21H27N7O/c1-15-11-16(2)28-20(25-15)18(14-24-28)21(29)23-13-17-5-6-19(22-12-17)27-8-4-7-26(3)9-10-27/h5-6,11-12,14H,4,7-10,13H2,1-3H3,(H,23,29).